The number of halogens is 2. The Bertz CT molecular complexity index is 404. The van der Waals surface area contributed by atoms with Crippen LogP contribution in [0.4, 0.5) is 11.4 Å². The van der Waals surface area contributed by atoms with Crippen molar-refractivity contribution >= 4 is 40.5 Å². The summed E-state index contributed by atoms with van der Waals surface area (Å²) in [6.07, 6.45) is 0. The monoisotopic (exact) mass is 288 g/mol. The van der Waals surface area contributed by atoms with E-state index in [-0.39, 0.29) is 5.91 Å². The molecule has 5 heteroatoms. The highest BCUT2D eigenvalue weighted by Crippen LogP contribution is 2.27. The highest BCUT2D eigenvalue weighted by molar-refractivity contribution is 6.18. The molecule has 0 unspecified atom stereocenters. The van der Waals surface area contributed by atoms with E-state index in [1.54, 1.807) is 0 Å². The van der Waals surface area contributed by atoms with Crippen molar-refractivity contribution in [1.82, 2.24) is 0 Å². The van der Waals surface area contributed by atoms with Crippen molar-refractivity contribution in [3.63, 3.8) is 0 Å². The quantitative estimate of drug-likeness (QED) is 0.815. The van der Waals surface area contributed by atoms with Crippen molar-refractivity contribution in [3.05, 3.63) is 23.8 Å². The number of carbonyl (C=O) groups is 1. The molecule has 1 amide bonds. The predicted molar refractivity (Wildman–Crippen MR) is 79.1 cm³/mol. The van der Waals surface area contributed by atoms with Crippen molar-refractivity contribution in [2.45, 2.75) is 13.8 Å². The molecule has 3 nitrogen and oxygen atoms in total. The second-order valence-electron chi connectivity index (χ2n) is 4.07. The molecule has 0 aliphatic rings. The summed E-state index contributed by atoms with van der Waals surface area (Å²) in [6.45, 7) is 4.91. The Hall–Kier alpha value is -0.930. The van der Waals surface area contributed by atoms with Crippen LogP contribution in [0.2, 0.25) is 0 Å². The maximum Gasteiger partial charge on any atom is 0.221 e. The van der Waals surface area contributed by atoms with Gasteiger partial charge in [-0.15, -0.1) is 23.2 Å². The molecule has 0 aliphatic carbocycles. The minimum Gasteiger partial charge on any atom is -0.367 e. The summed E-state index contributed by atoms with van der Waals surface area (Å²) in [5.41, 5.74) is 2.89. The van der Waals surface area contributed by atoms with Crippen molar-refractivity contribution in [3.8, 4) is 0 Å². The number of anilines is 2. The van der Waals surface area contributed by atoms with Crippen LogP contribution in [-0.4, -0.2) is 30.8 Å². The first-order valence-electron chi connectivity index (χ1n) is 5.83. The fraction of sp³-hybridized carbons (Fsp3) is 0.462. The summed E-state index contributed by atoms with van der Waals surface area (Å²) in [7, 11) is 0. The van der Waals surface area contributed by atoms with Crippen LogP contribution >= 0.6 is 23.2 Å². The van der Waals surface area contributed by atoms with Gasteiger partial charge >= 0.3 is 0 Å². The molecule has 0 aromatic heterocycles. The van der Waals surface area contributed by atoms with E-state index in [9.17, 15) is 4.79 Å². The largest absolute Gasteiger partial charge is 0.367 e. The van der Waals surface area contributed by atoms with Gasteiger partial charge < -0.3 is 10.2 Å². The number of nitrogens with zero attached hydrogens (tertiary/aromatic N) is 1. The van der Waals surface area contributed by atoms with Gasteiger partial charge in [0, 0.05) is 31.8 Å². The first kappa shape index (κ1) is 15.1. The van der Waals surface area contributed by atoms with Gasteiger partial charge in [-0.1, -0.05) is 6.07 Å². The summed E-state index contributed by atoms with van der Waals surface area (Å²) in [5.74, 6) is 0.950. The molecule has 0 spiro atoms. The van der Waals surface area contributed by atoms with Gasteiger partial charge in [-0.25, -0.2) is 0 Å². The minimum absolute atomic E-state index is 0.0863. The topological polar surface area (TPSA) is 32.3 Å². The zero-order valence-corrected chi connectivity index (χ0v) is 12.2. The zero-order valence-electron chi connectivity index (χ0n) is 10.7. The number of carbonyl (C=O) groups excluding carboxylic acids is 1. The van der Waals surface area contributed by atoms with E-state index in [0.29, 0.717) is 24.8 Å². The van der Waals surface area contributed by atoms with Crippen molar-refractivity contribution in [2.75, 3.05) is 35.1 Å². The Labute approximate surface area is 118 Å². The average Bonchev–Trinajstić information content (AvgIpc) is 2.31. The molecule has 1 rings (SSSR count). The van der Waals surface area contributed by atoms with Gasteiger partial charge in [0.05, 0.1) is 11.4 Å². The van der Waals surface area contributed by atoms with Crippen molar-refractivity contribution in [2.24, 2.45) is 0 Å². The summed E-state index contributed by atoms with van der Waals surface area (Å²) in [5, 5.41) is 2.83. The molecule has 0 saturated carbocycles. The van der Waals surface area contributed by atoms with E-state index < -0.39 is 0 Å². The average molecular weight is 289 g/mol. The van der Waals surface area contributed by atoms with E-state index in [2.05, 4.69) is 10.2 Å². The Morgan fingerprint density at radius 2 is 1.89 bits per heavy atom. The maximum absolute atomic E-state index is 11.2. The fourth-order valence-corrected chi connectivity index (χ4v) is 2.16. The normalized spacial score (nSPS) is 10.2. The SMILES string of the molecule is CC(=O)Nc1ccc(C)cc1N(CCCl)CCCl. The van der Waals surface area contributed by atoms with Gasteiger partial charge in [-0.2, -0.15) is 0 Å². The molecule has 0 aliphatic heterocycles. The molecular weight excluding hydrogens is 271 g/mol. The fourth-order valence-electron chi connectivity index (χ4n) is 1.76. The maximum atomic E-state index is 11.2. The third-order valence-corrected chi connectivity index (χ3v) is 2.85. The number of hydrogen-bond donors (Lipinski definition) is 1. The molecule has 100 valence electrons. The predicted octanol–water partition coefficient (Wildman–Crippen LogP) is 3.24. The molecule has 1 N–H and O–H groups in total. The van der Waals surface area contributed by atoms with Gasteiger partial charge in [0.1, 0.15) is 0 Å². The smallest absolute Gasteiger partial charge is 0.221 e. The third-order valence-electron chi connectivity index (χ3n) is 2.51. The van der Waals surface area contributed by atoms with Crippen LogP contribution in [0.25, 0.3) is 0 Å². The Kier molecular flexibility index (Phi) is 6.30. The Balaban J connectivity index is 3.07. The second-order valence-corrected chi connectivity index (χ2v) is 4.82. The summed E-state index contributed by atoms with van der Waals surface area (Å²) >= 11 is 11.6. The highest BCUT2D eigenvalue weighted by atomic mass is 35.5. The highest BCUT2D eigenvalue weighted by Gasteiger charge is 2.11. The van der Waals surface area contributed by atoms with Gasteiger partial charge in [0.25, 0.3) is 0 Å². The number of hydrogen-bond acceptors (Lipinski definition) is 2. The van der Waals surface area contributed by atoms with Crippen LogP contribution in [0.1, 0.15) is 12.5 Å². The van der Waals surface area contributed by atoms with E-state index in [1.165, 1.54) is 6.92 Å². The van der Waals surface area contributed by atoms with E-state index in [0.717, 1.165) is 16.9 Å². The molecule has 0 heterocycles. The second kappa shape index (κ2) is 7.49. The lowest BCUT2D eigenvalue weighted by Gasteiger charge is -2.26. The summed E-state index contributed by atoms with van der Waals surface area (Å²) < 4.78 is 0. The molecule has 0 fully saturated rings. The summed E-state index contributed by atoms with van der Waals surface area (Å²) in [6, 6.07) is 5.90. The van der Waals surface area contributed by atoms with Gasteiger partial charge in [-0.3, -0.25) is 4.79 Å². The van der Waals surface area contributed by atoms with E-state index >= 15 is 0 Å². The van der Waals surface area contributed by atoms with Crippen LogP contribution < -0.4 is 10.2 Å². The Morgan fingerprint density at radius 1 is 1.28 bits per heavy atom. The molecule has 0 atom stereocenters. The lowest BCUT2D eigenvalue weighted by molar-refractivity contribution is -0.114. The first-order chi connectivity index (χ1) is 8.58. The van der Waals surface area contributed by atoms with E-state index in [4.69, 9.17) is 23.2 Å². The minimum atomic E-state index is -0.0863. The molecule has 1 aromatic rings. The molecule has 0 radical (unpaired) electrons. The Morgan fingerprint density at radius 3 is 2.39 bits per heavy atom. The lowest BCUT2D eigenvalue weighted by atomic mass is 10.1. The molecule has 18 heavy (non-hydrogen) atoms. The molecule has 1 aromatic carbocycles. The van der Waals surface area contributed by atoms with Crippen LogP contribution in [0.15, 0.2) is 18.2 Å². The lowest BCUT2D eigenvalue weighted by Crippen LogP contribution is -2.28. The number of rotatable bonds is 6. The number of aryl methyl sites for hydroxylation is 1. The van der Waals surface area contributed by atoms with Crippen LogP contribution in [0.5, 0.6) is 0 Å². The van der Waals surface area contributed by atoms with Crippen LogP contribution in [-0.2, 0) is 4.79 Å². The molecule has 0 bridgehead atoms. The molecule has 0 saturated heterocycles. The van der Waals surface area contributed by atoms with Gasteiger partial charge in [0.2, 0.25) is 5.91 Å². The zero-order chi connectivity index (χ0) is 13.5. The first-order valence-corrected chi connectivity index (χ1v) is 6.90. The summed E-state index contributed by atoms with van der Waals surface area (Å²) in [4.78, 5) is 13.3. The number of alkyl halides is 2. The number of amides is 1. The third kappa shape index (κ3) is 4.39. The van der Waals surface area contributed by atoms with Gasteiger partial charge in [0.15, 0.2) is 0 Å². The van der Waals surface area contributed by atoms with E-state index in [1.807, 2.05) is 25.1 Å². The molecular formula is C13H18Cl2N2O. The van der Waals surface area contributed by atoms with Gasteiger partial charge in [-0.05, 0) is 24.6 Å². The standard InChI is InChI=1S/C13H18Cl2N2O/c1-10-3-4-12(16-11(2)18)13(9-10)17(7-5-14)8-6-15/h3-4,9H,5-8H2,1-2H3,(H,16,18). The van der Waals surface area contributed by atoms with Crippen LogP contribution in [0.3, 0.4) is 0 Å². The number of nitrogens with one attached hydrogen (secondary N) is 1. The van der Waals surface area contributed by atoms with Crippen molar-refractivity contribution in [1.29, 1.82) is 0 Å². The van der Waals surface area contributed by atoms with Crippen LogP contribution in [0, 0.1) is 6.92 Å². The van der Waals surface area contributed by atoms with Crippen molar-refractivity contribution < 1.29 is 4.79 Å². The number of benzene rings is 1.